The maximum absolute atomic E-state index is 12.1. The standard InChI is InChI=1S/C20H19N3O4/c1-13-7-6-10-16(11-13)18(25)21-12-17(24)26-14(2)19-22-23-20(27-19)15-8-4-3-5-9-15/h3-11,14H,12H2,1-2H3,(H,21,25)/t14-/m0/s1. The highest BCUT2D eigenvalue weighted by Crippen LogP contribution is 2.21. The van der Waals surface area contributed by atoms with Crippen LogP contribution in [0, 0.1) is 6.92 Å². The van der Waals surface area contributed by atoms with Gasteiger partial charge in [0.05, 0.1) is 0 Å². The van der Waals surface area contributed by atoms with E-state index in [0.29, 0.717) is 11.5 Å². The summed E-state index contributed by atoms with van der Waals surface area (Å²) in [6, 6.07) is 16.4. The zero-order chi connectivity index (χ0) is 19.2. The predicted molar refractivity (Wildman–Crippen MR) is 97.8 cm³/mol. The lowest BCUT2D eigenvalue weighted by atomic mass is 10.1. The molecule has 0 radical (unpaired) electrons. The molecular weight excluding hydrogens is 346 g/mol. The first-order chi connectivity index (χ1) is 13.0. The summed E-state index contributed by atoms with van der Waals surface area (Å²) in [4.78, 5) is 24.0. The number of nitrogens with one attached hydrogen (secondary N) is 1. The smallest absolute Gasteiger partial charge is 0.326 e. The van der Waals surface area contributed by atoms with Crippen molar-refractivity contribution in [2.45, 2.75) is 20.0 Å². The van der Waals surface area contributed by atoms with Gasteiger partial charge in [-0.05, 0) is 38.1 Å². The van der Waals surface area contributed by atoms with E-state index in [9.17, 15) is 9.59 Å². The Bertz CT molecular complexity index is 937. The van der Waals surface area contributed by atoms with Crippen molar-refractivity contribution in [3.05, 3.63) is 71.6 Å². The van der Waals surface area contributed by atoms with Crippen LogP contribution in [0.25, 0.3) is 11.5 Å². The third-order valence-electron chi connectivity index (χ3n) is 3.79. The lowest BCUT2D eigenvalue weighted by molar-refractivity contribution is -0.148. The summed E-state index contributed by atoms with van der Waals surface area (Å²) in [6.07, 6.45) is -0.724. The van der Waals surface area contributed by atoms with Crippen LogP contribution < -0.4 is 5.32 Å². The quantitative estimate of drug-likeness (QED) is 0.675. The summed E-state index contributed by atoms with van der Waals surface area (Å²) in [5, 5.41) is 10.4. The molecule has 0 fully saturated rings. The summed E-state index contributed by atoms with van der Waals surface area (Å²) in [6.45, 7) is 3.26. The Morgan fingerprint density at radius 1 is 1.11 bits per heavy atom. The molecule has 7 nitrogen and oxygen atoms in total. The number of hydrogen-bond acceptors (Lipinski definition) is 6. The minimum absolute atomic E-state index is 0.187. The van der Waals surface area contributed by atoms with E-state index in [4.69, 9.17) is 9.15 Å². The Balaban J connectivity index is 1.53. The molecule has 0 bridgehead atoms. The molecule has 0 unspecified atom stereocenters. The van der Waals surface area contributed by atoms with Gasteiger partial charge in [-0.25, -0.2) is 0 Å². The third kappa shape index (κ3) is 4.78. The van der Waals surface area contributed by atoms with E-state index >= 15 is 0 Å². The molecule has 0 aliphatic carbocycles. The van der Waals surface area contributed by atoms with Crippen molar-refractivity contribution in [2.75, 3.05) is 6.54 Å². The molecule has 2 aromatic carbocycles. The fourth-order valence-corrected chi connectivity index (χ4v) is 2.43. The highest BCUT2D eigenvalue weighted by molar-refractivity contribution is 5.96. The molecule has 0 aliphatic heterocycles. The Labute approximate surface area is 156 Å². The minimum atomic E-state index is -0.724. The van der Waals surface area contributed by atoms with Gasteiger partial charge in [0.1, 0.15) is 6.54 Å². The van der Waals surface area contributed by atoms with Gasteiger partial charge < -0.3 is 14.5 Å². The second-order valence-corrected chi connectivity index (χ2v) is 6.00. The second kappa shape index (κ2) is 8.27. The average Bonchev–Trinajstić information content (AvgIpc) is 3.17. The molecule has 1 atom stereocenters. The van der Waals surface area contributed by atoms with Crippen LogP contribution in [0.5, 0.6) is 0 Å². The molecular formula is C20H19N3O4. The summed E-state index contributed by atoms with van der Waals surface area (Å²) < 4.78 is 10.8. The van der Waals surface area contributed by atoms with Crippen molar-refractivity contribution in [2.24, 2.45) is 0 Å². The number of nitrogens with zero attached hydrogens (tertiary/aromatic N) is 2. The van der Waals surface area contributed by atoms with E-state index in [1.165, 1.54) is 0 Å². The third-order valence-corrected chi connectivity index (χ3v) is 3.79. The highest BCUT2D eigenvalue weighted by atomic mass is 16.6. The fraction of sp³-hybridized carbons (Fsp3) is 0.200. The molecule has 7 heteroatoms. The van der Waals surface area contributed by atoms with E-state index in [-0.39, 0.29) is 18.3 Å². The van der Waals surface area contributed by atoms with E-state index in [2.05, 4.69) is 15.5 Å². The second-order valence-electron chi connectivity index (χ2n) is 6.00. The number of rotatable bonds is 6. The lowest BCUT2D eigenvalue weighted by Crippen LogP contribution is -2.31. The van der Waals surface area contributed by atoms with Gasteiger partial charge in [0.15, 0.2) is 6.10 Å². The zero-order valence-corrected chi connectivity index (χ0v) is 15.0. The number of esters is 1. The topological polar surface area (TPSA) is 94.3 Å². The van der Waals surface area contributed by atoms with Gasteiger partial charge in [-0.15, -0.1) is 10.2 Å². The molecule has 0 spiro atoms. The SMILES string of the molecule is Cc1cccc(C(=O)NCC(=O)O[C@@H](C)c2nnc(-c3ccccc3)o2)c1. The van der Waals surface area contributed by atoms with Crippen molar-refractivity contribution in [3.8, 4) is 11.5 Å². The van der Waals surface area contributed by atoms with Crippen LogP contribution in [0.4, 0.5) is 0 Å². The molecule has 3 aromatic rings. The highest BCUT2D eigenvalue weighted by Gasteiger charge is 2.19. The van der Waals surface area contributed by atoms with Crippen molar-refractivity contribution < 1.29 is 18.7 Å². The Hall–Kier alpha value is -3.48. The van der Waals surface area contributed by atoms with Gasteiger partial charge in [-0.1, -0.05) is 35.9 Å². The number of hydrogen-bond donors (Lipinski definition) is 1. The van der Waals surface area contributed by atoms with Gasteiger partial charge in [0, 0.05) is 11.1 Å². The molecule has 1 heterocycles. The molecule has 0 saturated carbocycles. The molecule has 3 rings (SSSR count). The number of benzene rings is 2. The van der Waals surface area contributed by atoms with E-state index in [1.54, 1.807) is 25.1 Å². The van der Waals surface area contributed by atoms with Crippen LogP contribution in [0.3, 0.4) is 0 Å². The van der Waals surface area contributed by atoms with Crippen LogP contribution in [0.15, 0.2) is 59.0 Å². The number of carbonyl (C=O) groups is 2. The van der Waals surface area contributed by atoms with Crippen LogP contribution in [-0.2, 0) is 9.53 Å². The molecule has 1 aromatic heterocycles. The molecule has 1 N–H and O–H groups in total. The maximum atomic E-state index is 12.1. The van der Waals surface area contributed by atoms with E-state index in [1.807, 2.05) is 43.3 Å². The summed E-state index contributed by atoms with van der Waals surface area (Å²) in [5.41, 5.74) is 2.23. The number of aryl methyl sites for hydroxylation is 1. The molecule has 1 amide bonds. The van der Waals surface area contributed by atoms with Crippen molar-refractivity contribution >= 4 is 11.9 Å². The summed E-state index contributed by atoms with van der Waals surface area (Å²) >= 11 is 0. The van der Waals surface area contributed by atoms with E-state index < -0.39 is 12.1 Å². The van der Waals surface area contributed by atoms with Gasteiger partial charge in [0.25, 0.3) is 11.8 Å². The molecule has 27 heavy (non-hydrogen) atoms. The minimum Gasteiger partial charge on any atom is -0.451 e. The van der Waals surface area contributed by atoms with Crippen LogP contribution in [-0.4, -0.2) is 28.6 Å². The number of carbonyl (C=O) groups excluding carboxylic acids is 2. The van der Waals surface area contributed by atoms with Crippen molar-refractivity contribution in [3.63, 3.8) is 0 Å². The van der Waals surface area contributed by atoms with Crippen LogP contribution in [0.1, 0.15) is 34.8 Å². The van der Waals surface area contributed by atoms with Gasteiger partial charge in [0.2, 0.25) is 5.89 Å². The van der Waals surface area contributed by atoms with Crippen molar-refractivity contribution in [1.82, 2.24) is 15.5 Å². The van der Waals surface area contributed by atoms with Crippen LogP contribution >= 0.6 is 0 Å². The first-order valence-electron chi connectivity index (χ1n) is 8.46. The first kappa shape index (κ1) is 18.3. The predicted octanol–water partition coefficient (Wildman–Crippen LogP) is 3.08. The fourth-order valence-electron chi connectivity index (χ4n) is 2.43. The summed E-state index contributed by atoms with van der Waals surface area (Å²) in [5.74, 6) is -0.399. The maximum Gasteiger partial charge on any atom is 0.326 e. The van der Waals surface area contributed by atoms with Gasteiger partial charge in [-0.2, -0.15) is 0 Å². The number of aromatic nitrogens is 2. The van der Waals surface area contributed by atoms with Gasteiger partial charge in [-0.3, -0.25) is 9.59 Å². The largest absolute Gasteiger partial charge is 0.451 e. The molecule has 0 aliphatic rings. The normalized spacial score (nSPS) is 11.6. The zero-order valence-electron chi connectivity index (χ0n) is 15.0. The van der Waals surface area contributed by atoms with Crippen molar-refractivity contribution in [1.29, 1.82) is 0 Å². The van der Waals surface area contributed by atoms with Gasteiger partial charge >= 0.3 is 5.97 Å². The Morgan fingerprint density at radius 2 is 1.89 bits per heavy atom. The monoisotopic (exact) mass is 365 g/mol. The Morgan fingerprint density at radius 3 is 2.63 bits per heavy atom. The first-order valence-corrected chi connectivity index (χ1v) is 8.46. The molecule has 0 saturated heterocycles. The van der Waals surface area contributed by atoms with Crippen LogP contribution in [0.2, 0.25) is 0 Å². The summed E-state index contributed by atoms with van der Waals surface area (Å²) in [7, 11) is 0. The lowest BCUT2D eigenvalue weighted by Gasteiger charge is -2.10. The van der Waals surface area contributed by atoms with E-state index in [0.717, 1.165) is 11.1 Å². The average molecular weight is 365 g/mol. The molecule has 138 valence electrons. The number of ether oxygens (including phenoxy) is 1. The number of amides is 1. The Kier molecular flexibility index (Phi) is 5.61.